The molecule has 1 fully saturated rings. The Morgan fingerprint density at radius 2 is 1.81 bits per heavy atom. The molecule has 0 aromatic heterocycles. The number of rotatable bonds is 5. The minimum Gasteiger partial charge on any atom is -0.382 e. The molecule has 1 aromatic carbocycles. The van der Waals surface area contributed by atoms with Crippen molar-refractivity contribution in [1.82, 2.24) is 4.72 Å². The van der Waals surface area contributed by atoms with E-state index in [4.69, 9.17) is 0 Å². The molecule has 1 aromatic rings. The van der Waals surface area contributed by atoms with Crippen molar-refractivity contribution in [2.24, 2.45) is 5.41 Å². The summed E-state index contributed by atoms with van der Waals surface area (Å²) in [7, 11) is -3.40. The molecule has 0 saturated heterocycles. The fourth-order valence-corrected chi connectivity index (χ4v) is 4.16. The van der Waals surface area contributed by atoms with E-state index < -0.39 is 10.0 Å². The summed E-state index contributed by atoms with van der Waals surface area (Å²) in [6.07, 6.45) is 3.65. The van der Waals surface area contributed by atoms with Crippen LogP contribution in [0, 0.1) is 5.41 Å². The summed E-state index contributed by atoms with van der Waals surface area (Å²) in [5.74, 6) is 0. The minimum atomic E-state index is -3.40. The number of nitrogens with one attached hydrogen (secondary N) is 2. The highest BCUT2D eigenvalue weighted by Gasteiger charge is 2.34. The van der Waals surface area contributed by atoms with E-state index in [1.807, 2.05) is 26.0 Å². The van der Waals surface area contributed by atoms with Gasteiger partial charge in [0.15, 0.2) is 0 Å². The standard InChI is InChI=1S/C16H26N2O2S/c1-12(2)18-21(19,20)14-9-7-13(8-10-14)17-15-6-5-11-16(15,3)4/h7-10,12,15,17-18H,5-6,11H2,1-4H3. The molecule has 1 aliphatic carbocycles. The highest BCUT2D eigenvalue weighted by atomic mass is 32.2. The van der Waals surface area contributed by atoms with Crippen LogP contribution in [-0.4, -0.2) is 20.5 Å². The van der Waals surface area contributed by atoms with Crippen molar-refractivity contribution in [1.29, 1.82) is 0 Å². The lowest BCUT2D eigenvalue weighted by Gasteiger charge is -2.28. The Hall–Kier alpha value is -1.07. The number of anilines is 1. The van der Waals surface area contributed by atoms with Crippen molar-refractivity contribution in [3.8, 4) is 0 Å². The van der Waals surface area contributed by atoms with E-state index >= 15 is 0 Å². The number of hydrogen-bond donors (Lipinski definition) is 2. The topological polar surface area (TPSA) is 58.2 Å². The monoisotopic (exact) mass is 310 g/mol. The van der Waals surface area contributed by atoms with Crippen LogP contribution in [0.4, 0.5) is 5.69 Å². The van der Waals surface area contributed by atoms with Crippen LogP contribution in [0.3, 0.4) is 0 Å². The molecule has 1 atom stereocenters. The second kappa shape index (κ2) is 5.97. The quantitative estimate of drug-likeness (QED) is 0.876. The number of hydrogen-bond acceptors (Lipinski definition) is 3. The van der Waals surface area contributed by atoms with Gasteiger partial charge < -0.3 is 5.32 Å². The van der Waals surface area contributed by atoms with Crippen LogP contribution >= 0.6 is 0 Å². The molecule has 2 rings (SSSR count). The first-order valence-corrected chi connectivity index (χ1v) is 9.08. The fourth-order valence-electron chi connectivity index (χ4n) is 2.90. The van der Waals surface area contributed by atoms with E-state index in [1.165, 1.54) is 19.3 Å². The predicted octanol–water partition coefficient (Wildman–Crippen LogP) is 3.36. The van der Waals surface area contributed by atoms with Gasteiger partial charge in [-0.05, 0) is 56.4 Å². The van der Waals surface area contributed by atoms with Crippen molar-refractivity contribution < 1.29 is 8.42 Å². The van der Waals surface area contributed by atoms with E-state index in [2.05, 4.69) is 23.9 Å². The van der Waals surface area contributed by atoms with Gasteiger partial charge in [-0.2, -0.15) is 0 Å². The second-order valence-corrected chi connectivity index (χ2v) is 8.59. The number of benzene rings is 1. The first-order valence-electron chi connectivity index (χ1n) is 7.60. The van der Waals surface area contributed by atoms with Gasteiger partial charge in [0.05, 0.1) is 4.90 Å². The summed E-state index contributed by atoms with van der Waals surface area (Å²) in [5.41, 5.74) is 1.28. The van der Waals surface area contributed by atoms with Crippen LogP contribution in [0.2, 0.25) is 0 Å². The molecule has 1 aliphatic rings. The molecule has 0 radical (unpaired) electrons. The summed E-state index contributed by atoms with van der Waals surface area (Å²) < 4.78 is 26.7. The second-order valence-electron chi connectivity index (χ2n) is 6.88. The molecule has 1 saturated carbocycles. The maximum Gasteiger partial charge on any atom is 0.240 e. The summed E-state index contributed by atoms with van der Waals surface area (Å²) in [4.78, 5) is 0.312. The molecule has 0 bridgehead atoms. The maximum atomic E-state index is 12.1. The summed E-state index contributed by atoms with van der Waals surface area (Å²) in [6, 6.07) is 7.37. The van der Waals surface area contributed by atoms with Gasteiger partial charge in [0.25, 0.3) is 0 Å². The molecule has 118 valence electrons. The van der Waals surface area contributed by atoms with Crippen molar-refractivity contribution >= 4 is 15.7 Å². The molecule has 4 nitrogen and oxygen atoms in total. The van der Waals surface area contributed by atoms with Crippen LogP contribution in [0.25, 0.3) is 0 Å². The third kappa shape index (κ3) is 3.98. The van der Waals surface area contributed by atoms with Crippen molar-refractivity contribution in [2.45, 2.75) is 63.9 Å². The Bertz CT molecular complexity index is 577. The highest BCUT2D eigenvalue weighted by molar-refractivity contribution is 7.89. The summed E-state index contributed by atoms with van der Waals surface area (Å²) in [6.45, 7) is 8.19. The highest BCUT2D eigenvalue weighted by Crippen LogP contribution is 2.39. The van der Waals surface area contributed by atoms with Gasteiger partial charge >= 0.3 is 0 Å². The zero-order valence-corrected chi connectivity index (χ0v) is 14.1. The first kappa shape index (κ1) is 16.3. The Kier molecular flexibility index (Phi) is 4.63. The molecule has 0 spiro atoms. The van der Waals surface area contributed by atoms with Crippen LogP contribution < -0.4 is 10.0 Å². The van der Waals surface area contributed by atoms with E-state index in [-0.39, 0.29) is 6.04 Å². The maximum absolute atomic E-state index is 12.1. The lowest BCUT2D eigenvalue weighted by Crippen LogP contribution is -2.31. The van der Waals surface area contributed by atoms with Crippen LogP contribution in [0.5, 0.6) is 0 Å². The van der Waals surface area contributed by atoms with Crippen LogP contribution in [0.15, 0.2) is 29.2 Å². The zero-order chi connectivity index (χ0) is 15.7. The van der Waals surface area contributed by atoms with E-state index in [0.717, 1.165) is 5.69 Å². The lowest BCUT2D eigenvalue weighted by atomic mass is 9.87. The normalized spacial score (nSPS) is 21.7. The fraction of sp³-hybridized carbons (Fsp3) is 0.625. The molecular weight excluding hydrogens is 284 g/mol. The van der Waals surface area contributed by atoms with Gasteiger partial charge in [-0.25, -0.2) is 13.1 Å². The molecule has 21 heavy (non-hydrogen) atoms. The van der Waals surface area contributed by atoms with Gasteiger partial charge in [-0.15, -0.1) is 0 Å². The lowest BCUT2D eigenvalue weighted by molar-refractivity contribution is 0.350. The van der Waals surface area contributed by atoms with Gasteiger partial charge in [0.1, 0.15) is 0 Å². The Balaban J connectivity index is 2.09. The minimum absolute atomic E-state index is 0.105. The van der Waals surface area contributed by atoms with Crippen molar-refractivity contribution in [3.05, 3.63) is 24.3 Å². The molecular formula is C16H26N2O2S. The van der Waals surface area contributed by atoms with E-state index in [1.54, 1.807) is 12.1 Å². The zero-order valence-electron chi connectivity index (χ0n) is 13.3. The number of sulfonamides is 1. The van der Waals surface area contributed by atoms with Crippen LogP contribution in [0.1, 0.15) is 47.0 Å². The Morgan fingerprint density at radius 3 is 2.29 bits per heavy atom. The molecule has 0 amide bonds. The first-order chi connectivity index (χ1) is 9.71. The average molecular weight is 310 g/mol. The average Bonchev–Trinajstić information content (AvgIpc) is 2.68. The molecule has 0 aliphatic heterocycles. The summed E-state index contributed by atoms with van der Waals surface area (Å²) in [5, 5.41) is 3.54. The van der Waals surface area contributed by atoms with Gasteiger partial charge in [-0.1, -0.05) is 20.3 Å². The summed E-state index contributed by atoms with van der Waals surface area (Å²) >= 11 is 0. The predicted molar refractivity (Wildman–Crippen MR) is 86.9 cm³/mol. The Morgan fingerprint density at radius 1 is 1.19 bits per heavy atom. The Labute approximate surface area is 128 Å². The van der Waals surface area contributed by atoms with Crippen molar-refractivity contribution in [2.75, 3.05) is 5.32 Å². The largest absolute Gasteiger partial charge is 0.382 e. The molecule has 5 heteroatoms. The van der Waals surface area contributed by atoms with Gasteiger partial charge in [0, 0.05) is 17.8 Å². The van der Waals surface area contributed by atoms with E-state index in [0.29, 0.717) is 16.4 Å². The van der Waals surface area contributed by atoms with Gasteiger partial charge in [-0.3, -0.25) is 0 Å². The third-order valence-corrected chi connectivity index (χ3v) is 5.83. The van der Waals surface area contributed by atoms with Crippen molar-refractivity contribution in [3.63, 3.8) is 0 Å². The van der Waals surface area contributed by atoms with Crippen LogP contribution in [-0.2, 0) is 10.0 Å². The molecule has 1 unspecified atom stereocenters. The molecule has 0 heterocycles. The SMILES string of the molecule is CC(C)NS(=O)(=O)c1ccc(NC2CCCC2(C)C)cc1. The third-order valence-electron chi connectivity index (χ3n) is 4.15. The molecule has 2 N–H and O–H groups in total. The van der Waals surface area contributed by atoms with E-state index in [9.17, 15) is 8.42 Å². The van der Waals surface area contributed by atoms with Gasteiger partial charge in [0.2, 0.25) is 10.0 Å². The smallest absolute Gasteiger partial charge is 0.240 e.